The third kappa shape index (κ3) is 5.42. The van der Waals surface area contributed by atoms with Gasteiger partial charge in [-0.2, -0.15) is 4.98 Å². The van der Waals surface area contributed by atoms with Gasteiger partial charge in [0, 0.05) is 30.2 Å². The molecule has 172 valence electrons. The number of aromatic nitrogens is 2. The molecule has 1 atom stereocenters. The molecule has 8 heteroatoms. The minimum atomic E-state index is -0.352. The van der Waals surface area contributed by atoms with Crippen LogP contribution in [0.5, 0.6) is 5.75 Å². The third-order valence-electron chi connectivity index (χ3n) is 5.45. The van der Waals surface area contributed by atoms with Gasteiger partial charge < -0.3 is 14.6 Å². The minimum Gasteiger partial charge on any atom is -0.493 e. The molecule has 3 aromatic rings. The maximum atomic E-state index is 13.1. The van der Waals surface area contributed by atoms with Crippen molar-refractivity contribution in [2.24, 2.45) is 13.0 Å². The number of amides is 1. The van der Waals surface area contributed by atoms with Gasteiger partial charge in [0.25, 0.3) is 5.56 Å². The van der Waals surface area contributed by atoms with E-state index in [1.807, 2.05) is 55.6 Å². The van der Waals surface area contributed by atoms with Crippen molar-refractivity contribution in [3.8, 4) is 5.75 Å². The lowest BCUT2D eigenvalue weighted by Crippen LogP contribution is -2.33. The summed E-state index contributed by atoms with van der Waals surface area (Å²) in [5, 5.41) is 4.11. The zero-order chi connectivity index (χ0) is 23.5. The molecule has 1 amide bonds. The van der Waals surface area contributed by atoms with Crippen molar-refractivity contribution in [1.82, 2.24) is 9.55 Å². The summed E-state index contributed by atoms with van der Waals surface area (Å²) < 4.78 is 7.55. The molecule has 6 nitrogen and oxygen atoms in total. The molecule has 2 heterocycles. The summed E-state index contributed by atoms with van der Waals surface area (Å²) in [4.78, 5) is 30.0. The number of carbonyl (C=O) groups is 1. The normalized spacial score (nSPS) is 15.3. The van der Waals surface area contributed by atoms with Crippen LogP contribution in [0.4, 0.5) is 5.82 Å². The molecule has 0 fully saturated rings. The van der Waals surface area contributed by atoms with Gasteiger partial charge in [-0.05, 0) is 41.3 Å². The Bertz CT molecular complexity index is 1210. The number of rotatable bonds is 7. The number of carbonyl (C=O) groups excluding carboxylic acids is 1. The molecule has 1 N–H and O–H groups in total. The van der Waals surface area contributed by atoms with E-state index in [0.29, 0.717) is 39.8 Å². The van der Waals surface area contributed by atoms with Gasteiger partial charge >= 0.3 is 0 Å². The molecule has 0 saturated carbocycles. The summed E-state index contributed by atoms with van der Waals surface area (Å²) in [5.41, 5.74) is 2.16. The number of nitrogens with one attached hydrogen (secondary N) is 1. The average Bonchev–Trinajstić information content (AvgIpc) is 2.80. The lowest BCUT2D eigenvalue weighted by molar-refractivity contribution is -0.116. The van der Waals surface area contributed by atoms with Crippen LogP contribution in [0.3, 0.4) is 0 Å². The Balaban J connectivity index is 1.61. The number of anilines is 1. The molecule has 1 aromatic heterocycles. The van der Waals surface area contributed by atoms with Crippen molar-refractivity contribution >= 4 is 35.1 Å². The van der Waals surface area contributed by atoms with E-state index in [-0.39, 0.29) is 23.8 Å². The first-order valence-electron chi connectivity index (χ1n) is 10.8. The number of nitrogens with zero attached hydrogens (tertiary/aromatic N) is 2. The van der Waals surface area contributed by atoms with Crippen LogP contribution in [0.1, 0.15) is 42.9 Å². The molecule has 2 aromatic carbocycles. The average molecular weight is 484 g/mol. The fourth-order valence-electron chi connectivity index (χ4n) is 3.74. The predicted molar refractivity (Wildman–Crippen MR) is 132 cm³/mol. The highest BCUT2D eigenvalue weighted by molar-refractivity contribution is 7.98. The smallest absolute Gasteiger partial charge is 0.279 e. The summed E-state index contributed by atoms with van der Waals surface area (Å²) in [5.74, 6) is 1.87. The Morgan fingerprint density at radius 1 is 1.15 bits per heavy atom. The van der Waals surface area contributed by atoms with Gasteiger partial charge in [-0.1, -0.05) is 61.5 Å². The van der Waals surface area contributed by atoms with E-state index in [0.717, 1.165) is 16.9 Å². The quantitative estimate of drug-likeness (QED) is 0.367. The molecular formula is C25H26ClN3O3S. The highest BCUT2D eigenvalue weighted by Gasteiger charge is 2.32. The number of benzene rings is 2. The fraction of sp³-hybridized carbons (Fsp3) is 0.320. The van der Waals surface area contributed by atoms with Crippen LogP contribution >= 0.6 is 23.4 Å². The van der Waals surface area contributed by atoms with E-state index in [1.54, 1.807) is 4.57 Å². The monoisotopic (exact) mass is 483 g/mol. The van der Waals surface area contributed by atoms with E-state index in [1.165, 1.54) is 11.8 Å². The second kappa shape index (κ2) is 10.0. The molecule has 0 spiro atoms. The zero-order valence-electron chi connectivity index (χ0n) is 18.8. The predicted octanol–water partition coefficient (Wildman–Crippen LogP) is 5.23. The van der Waals surface area contributed by atoms with E-state index >= 15 is 0 Å². The molecule has 0 aliphatic carbocycles. The van der Waals surface area contributed by atoms with Gasteiger partial charge in [0.2, 0.25) is 5.91 Å². The fourth-order valence-corrected chi connectivity index (χ4v) is 4.78. The highest BCUT2D eigenvalue weighted by Crippen LogP contribution is 2.36. The Morgan fingerprint density at radius 3 is 2.52 bits per heavy atom. The summed E-state index contributed by atoms with van der Waals surface area (Å²) >= 11 is 7.40. The number of ether oxygens (including phenoxy) is 1. The van der Waals surface area contributed by atoms with Crippen molar-refractivity contribution in [3.05, 3.63) is 80.6 Å². The maximum Gasteiger partial charge on any atom is 0.279 e. The standard InChI is InChI=1S/C25H26ClN3O3S/c1-15(2)13-32-19-10-6-17(7-11-19)20-12-21(30)27-23-22(20)24(31)28-25(29(23)3)33-14-16-4-8-18(26)9-5-16/h4-11,15,20H,12-14H2,1-3H3,(H,27,30). The summed E-state index contributed by atoms with van der Waals surface area (Å²) in [7, 11) is 1.82. The van der Waals surface area contributed by atoms with E-state index < -0.39 is 0 Å². The molecule has 1 unspecified atom stereocenters. The van der Waals surface area contributed by atoms with Crippen LogP contribution in [0.2, 0.25) is 5.02 Å². The van der Waals surface area contributed by atoms with E-state index in [2.05, 4.69) is 24.1 Å². The number of hydrogen-bond donors (Lipinski definition) is 1. The van der Waals surface area contributed by atoms with Gasteiger partial charge in [-0.15, -0.1) is 0 Å². The SMILES string of the molecule is CC(C)COc1ccc(C2CC(=O)Nc3c2c(=O)nc(SCc2ccc(Cl)cc2)n3C)cc1. The highest BCUT2D eigenvalue weighted by atomic mass is 35.5. The first-order valence-corrected chi connectivity index (χ1v) is 12.2. The molecule has 0 bridgehead atoms. The Kier molecular flexibility index (Phi) is 7.10. The molecular weight excluding hydrogens is 458 g/mol. The summed E-state index contributed by atoms with van der Waals surface area (Å²) in [6.45, 7) is 4.82. The van der Waals surface area contributed by atoms with Crippen molar-refractivity contribution in [2.45, 2.75) is 37.1 Å². The molecule has 33 heavy (non-hydrogen) atoms. The van der Waals surface area contributed by atoms with Crippen molar-refractivity contribution in [3.63, 3.8) is 0 Å². The second-order valence-corrected chi connectivity index (χ2v) is 9.89. The minimum absolute atomic E-state index is 0.123. The number of thioether (sulfide) groups is 1. The lowest BCUT2D eigenvalue weighted by atomic mass is 9.87. The van der Waals surface area contributed by atoms with Crippen LogP contribution < -0.4 is 15.6 Å². The Labute approximate surface area is 202 Å². The number of hydrogen-bond acceptors (Lipinski definition) is 5. The molecule has 1 aliphatic rings. The molecule has 1 aliphatic heterocycles. The van der Waals surface area contributed by atoms with Gasteiger partial charge in [0.05, 0.1) is 12.2 Å². The number of halogens is 1. The maximum absolute atomic E-state index is 13.1. The van der Waals surface area contributed by atoms with Crippen molar-refractivity contribution in [2.75, 3.05) is 11.9 Å². The Hall–Kier alpha value is -2.77. The van der Waals surface area contributed by atoms with Gasteiger partial charge in [0.15, 0.2) is 5.16 Å². The summed E-state index contributed by atoms with van der Waals surface area (Å²) in [6.07, 6.45) is 0.202. The lowest BCUT2D eigenvalue weighted by Gasteiger charge is -2.27. The van der Waals surface area contributed by atoms with Crippen LogP contribution in [0, 0.1) is 5.92 Å². The van der Waals surface area contributed by atoms with E-state index in [9.17, 15) is 9.59 Å². The molecule has 4 rings (SSSR count). The van der Waals surface area contributed by atoms with Crippen LogP contribution in [0.15, 0.2) is 58.5 Å². The van der Waals surface area contributed by atoms with Crippen LogP contribution in [-0.4, -0.2) is 22.1 Å². The van der Waals surface area contributed by atoms with Gasteiger partial charge in [-0.3, -0.25) is 9.59 Å². The Morgan fingerprint density at radius 2 is 1.85 bits per heavy atom. The van der Waals surface area contributed by atoms with Gasteiger partial charge in [-0.25, -0.2) is 0 Å². The molecule has 0 saturated heterocycles. The largest absolute Gasteiger partial charge is 0.493 e. The summed E-state index contributed by atoms with van der Waals surface area (Å²) in [6, 6.07) is 15.2. The van der Waals surface area contributed by atoms with Crippen LogP contribution in [-0.2, 0) is 17.6 Å². The topological polar surface area (TPSA) is 73.2 Å². The third-order valence-corrected chi connectivity index (χ3v) is 6.80. The molecule has 0 radical (unpaired) electrons. The zero-order valence-corrected chi connectivity index (χ0v) is 20.4. The first-order chi connectivity index (χ1) is 15.8. The van der Waals surface area contributed by atoms with E-state index in [4.69, 9.17) is 16.3 Å². The van der Waals surface area contributed by atoms with Gasteiger partial charge in [0.1, 0.15) is 11.6 Å². The first kappa shape index (κ1) is 23.4. The van der Waals surface area contributed by atoms with Crippen molar-refractivity contribution < 1.29 is 9.53 Å². The second-order valence-electron chi connectivity index (χ2n) is 8.51. The number of fused-ring (bicyclic) bond motifs is 1. The van der Waals surface area contributed by atoms with Crippen LogP contribution in [0.25, 0.3) is 0 Å². The van der Waals surface area contributed by atoms with Crippen molar-refractivity contribution in [1.29, 1.82) is 0 Å².